The molecule has 1 aromatic carbocycles. The lowest BCUT2D eigenvalue weighted by Crippen LogP contribution is -2.19. The molecule has 2 aromatic rings. The van der Waals surface area contributed by atoms with Gasteiger partial charge in [0.25, 0.3) is 5.91 Å². The number of aromatic nitrogens is 1. The first-order chi connectivity index (χ1) is 12.4. The molecule has 2 heterocycles. The van der Waals surface area contributed by atoms with Gasteiger partial charge in [0.05, 0.1) is 18.0 Å². The summed E-state index contributed by atoms with van der Waals surface area (Å²) < 4.78 is 5.58. The van der Waals surface area contributed by atoms with Gasteiger partial charge in [-0.25, -0.2) is 4.98 Å². The smallest absolute Gasteiger partial charge is 0.255 e. The number of hydrogen-bond acceptors (Lipinski definition) is 4. The minimum Gasteiger partial charge on any atom is -0.376 e. The van der Waals surface area contributed by atoms with Crippen LogP contribution in [0.25, 0.3) is 0 Å². The van der Waals surface area contributed by atoms with E-state index in [2.05, 4.69) is 36.4 Å². The standard InChI is InChI=1S/C21H27N3O2/c1-21(2,3)16-8-6-15(7-9-16)20(25)24-17-10-11-19(22-13-17)23-14-18-5-4-12-26-18/h6-11,13,18H,4-5,12,14H2,1-3H3,(H,22,23)(H,24,25). The number of hydrogen-bond donors (Lipinski definition) is 2. The minimum absolute atomic E-state index is 0.0747. The fourth-order valence-corrected chi connectivity index (χ4v) is 2.92. The quantitative estimate of drug-likeness (QED) is 0.845. The maximum absolute atomic E-state index is 12.4. The molecule has 2 N–H and O–H groups in total. The zero-order valence-electron chi connectivity index (χ0n) is 15.7. The Morgan fingerprint density at radius 1 is 1.19 bits per heavy atom. The lowest BCUT2D eigenvalue weighted by molar-refractivity contribution is 0.102. The predicted molar refractivity (Wildman–Crippen MR) is 105 cm³/mol. The number of benzene rings is 1. The van der Waals surface area contributed by atoms with Crippen molar-refractivity contribution in [3.63, 3.8) is 0 Å². The number of nitrogens with one attached hydrogen (secondary N) is 2. The van der Waals surface area contributed by atoms with Gasteiger partial charge in [0.2, 0.25) is 0 Å². The van der Waals surface area contributed by atoms with Crippen LogP contribution in [-0.2, 0) is 10.2 Å². The van der Waals surface area contributed by atoms with Crippen LogP contribution in [0.1, 0.15) is 49.5 Å². The number of anilines is 2. The van der Waals surface area contributed by atoms with Gasteiger partial charge in [0.15, 0.2) is 0 Å². The van der Waals surface area contributed by atoms with Crippen molar-refractivity contribution in [1.29, 1.82) is 0 Å². The summed E-state index contributed by atoms with van der Waals surface area (Å²) in [5.74, 6) is 0.653. The molecule has 1 amide bonds. The van der Waals surface area contributed by atoms with Crippen LogP contribution in [0.5, 0.6) is 0 Å². The molecule has 5 heteroatoms. The summed E-state index contributed by atoms with van der Waals surface area (Å²) in [6, 6.07) is 11.5. The fraction of sp³-hybridized carbons (Fsp3) is 0.429. The summed E-state index contributed by atoms with van der Waals surface area (Å²) in [7, 11) is 0. The topological polar surface area (TPSA) is 63.2 Å². The molecule has 0 spiro atoms. The first-order valence-electron chi connectivity index (χ1n) is 9.15. The molecule has 138 valence electrons. The summed E-state index contributed by atoms with van der Waals surface area (Å²) in [5.41, 5.74) is 2.60. The van der Waals surface area contributed by atoms with Crippen molar-refractivity contribution < 1.29 is 9.53 Å². The van der Waals surface area contributed by atoms with Gasteiger partial charge in [-0.2, -0.15) is 0 Å². The maximum Gasteiger partial charge on any atom is 0.255 e. The molecule has 1 unspecified atom stereocenters. The van der Waals surface area contributed by atoms with Crippen molar-refractivity contribution >= 4 is 17.4 Å². The van der Waals surface area contributed by atoms with Crippen molar-refractivity contribution in [2.24, 2.45) is 0 Å². The molecule has 1 atom stereocenters. The monoisotopic (exact) mass is 353 g/mol. The maximum atomic E-state index is 12.4. The van der Waals surface area contributed by atoms with Crippen LogP contribution in [-0.4, -0.2) is 30.1 Å². The van der Waals surface area contributed by atoms with E-state index < -0.39 is 0 Å². The van der Waals surface area contributed by atoms with E-state index in [9.17, 15) is 4.79 Å². The number of rotatable bonds is 5. The lowest BCUT2D eigenvalue weighted by Gasteiger charge is -2.19. The summed E-state index contributed by atoms with van der Waals surface area (Å²) in [6.07, 6.45) is 4.16. The molecule has 1 fully saturated rings. The first kappa shape index (κ1) is 18.4. The first-order valence-corrected chi connectivity index (χ1v) is 9.15. The van der Waals surface area contributed by atoms with E-state index in [1.807, 2.05) is 36.4 Å². The SMILES string of the molecule is CC(C)(C)c1ccc(C(=O)Nc2ccc(NCC3CCCO3)nc2)cc1. The minimum atomic E-state index is -0.132. The Kier molecular flexibility index (Phi) is 5.57. The number of carbonyl (C=O) groups excluding carboxylic acids is 1. The average Bonchev–Trinajstić information content (AvgIpc) is 3.14. The van der Waals surface area contributed by atoms with Crippen LogP contribution >= 0.6 is 0 Å². The van der Waals surface area contributed by atoms with Crippen LogP contribution in [0, 0.1) is 0 Å². The van der Waals surface area contributed by atoms with Crippen molar-refractivity contribution in [1.82, 2.24) is 4.98 Å². The van der Waals surface area contributed by atoms with Crippen molar-refractivity contribution in [3.8, 4) is 0 Å². The van der Waals surface area contributed by atoms with E-state index in [4.69, 9.17) is 4.74 Å². The summed E-state index contributed by atoms with van der Waals surface area (Å²) in [5, 5.41) is 6.16. The van der Waals surface area contributed by atoms with E-state index in [1.165, 1.54) is 5.56 Å². The average molecular weight is 353 g/mol. The van der Waals surface area contributed by atoms with Gasteiger partial charge in [-0.1, -0.05) is 32.9 Å². The van der Waals surface area contributed by atoms with Crippen molar-refractivity contribution in [2.75, 3.05) is 23.8 Å². The molecule has 1 aliphatic heterocycles. The second-order valence-corrected chi connectivity index (χ2v) is 7.73. The fourth-order valence-electron chi connectivity index (χ4n) is 2.92. The van der Waals surface area contributed by atoms with Gasteiger partial charge >= 0.3 is 0 Å². The van der Waals surface area contributed by atoms with Crippen molar-refractivity contribution in [3.05, 3.63) is 53.7 Å². The third-order valence-electron chi connectivity index (χ3n) is 4.57. The Balaban J connectivity index is 1.55. The van der Waals surface area contributed by atoms with E-state index in [1.54, 1.807) is 6.20 Å². The van der Waals surface area contributed by atoms with Crippen LogP contribution < -0.4 is 10.6 Å². The molecule has 0 aliphatic carbocycles. The van der Waals surface area contributed by atoms with Gasteiger partial charge in [-0.05, 0) is 48.1 Å². The normalized spacial score (nSPS) is 17.1. The molecule has 0 radical (unpaired) electrons. The van der Waals surface area contributed by atoms with Crippen LogP contribution in [0.15, 0.2) is 42.6 Å². The zero-order chi connectivity index (χ0) is 18.6. The van der Waals surface area contributed by atoms with Crippen LogP contribution in [0.2, 0.25) is 0 Å². The number of nitrogens with zero attached hydrogens (tertiary/aromatic N) is 1. The Hall–Kier alpha value is -2.40. The second kappa shape index (κ2) is 7.87. The highest BCUT2D eigenvalue weighted by atomic mass is 16.5. The molecule has 3 rings (SSSR count). The summed E-state index contributed by atoms with van der Waals surface area (Å²) in [4.78, 5) is 16.7. The third kappa shape index (κ3) is 4.82. The summed E-state index contributed by atoms with van der Waals surface area (Å²) >= 11 is 0. The highest BCUT2D eigenvalue weighted by molar-refractivity contribution is 6.04. The number of carbonyl (C=O) groups is 1. The predicted octanol–water partition coefficient (Wildman–Crippen LogP) is 4.22. The molecule has 1 aliphatic rings. The Bertz CT molecular complexity index is 727. The molecule has 0 bridgehead atoms. The zero-order valence-corrected chi connectivity index (χ0v) is 15.7. The van der Waals surface area contributed by atoms with E-state index >= 15 is 0 Å². The van der Waals surface area contributed by atoms with Gasteiger partial charge in [-0.15, -0.1) is 0 Å². The van der Waals surface area contributed by atoms with E-state index in [0.717, 1.165) is 31.8 Å². The third-order valence-corrected chi connectivity index (χ3v) is 4.57. The second-order valence-electron chi connectivity index (χ2n) is 7.73. The molecule has 1 aromatic heterocycles. The van der Waals surface area contributed by atoms with Gasteiger partial charge < -0.3 is 15.4 Å². The number of ether oxygens (including phenoxy) is 1. The molecular weight excluding hydrogens is 326 g/mol. The Morgan fingerprint density at radius 2 is 1.96 bits per heavy atom. The number of amides is 1. The van der Waals surface area contributed by atoms with Gasteiger partial charge in [-0.3, -0.25) is 4.79 Å². The van der Waals surface area contributed by atoms with Crippen molar-refractivity contribution in [2.45, 2.75) is 45.1 Å². The molecule has 26 heavy (non-hydrogen) atoms. The molecular formula is C21H27N3O2. The summed E-state index contributed by atoms with van der Waals surface area (Å²) in [6.45, 7) is 8.08. The van der Waals surface area contributed by atoms with E-state index in [0.29, 0.717) is 11.3 Å². The molecule has 1 saturated heterocycles. The Morgan fingerprint density at radius 3 is 2.54 bits per heavy atom. The highest BCUT2D eigenvalue weighted by Crippen LogP contribution is 2.22. The largest absolute Gasteiger partial charge is 0.376 e. The highest BCUT2D eigenvalue weighted by Gasteiger charge is 2.16. The van der Waals surface area contributed by atoms with Gasteiger partial charge in [0.1, 0.15) is 5.82 Å². The Labute approximate surface area is 155 Å². The number of pyridine rings is 1. The van der Waals surface area contributed by atoms with E-state index in [-0.39, 0.29) is 17.4 Å². The molecule has 5 nitrogen and oxygen atoms in total. The lowest BCUT2D eigenvalue weighted by atomic mass is 9.87. The van der Waals surface area contributed by atoms with Crippen LogP contribution in [0.4, 0.5) is 11.5 Å². The van der Waals surface area contributed by atoms with Crippen LogP contribution in [0.3, 0.4) is 0 Å². The van der Waals surface area contributed by atoms with Gasteiger partial charge in [0, 0.05) is 18.7 Å². The molecule has 0 saturated carbocycles.